The second-order valence-corrected chi connectivity index (χ2v) is 4.90. The van der Waals surface area contributed by atoms with Crippen LogP contribution in [0, 0.1) is 0 Å². The zero-order valence-electron chi connectivity index (χ0n) is 11.6. The molecule has 0 aromatic heterocycles. The van der Waals surface area contributed by atoms with Gasteiger partial charge in [-0.25, -0.2) is 0 Å². The summed E-state index contributed by atoms with van der Waals surface area (Å²) in [5.41, 5.74) is 1.02. The van der Waals surface area contributed by atoms with Crippen LogP contribution in [0.15, 0.2) is 22.7 Å². The monoisotopic (exact) mass is 343 g/mol. The highest BCUT2D eigenvalue weighted by Crippen LogP contribution is 2.25. The standard InChI is InChI=1S/C14H18BrNO4/c1-3-20-14(18)9-16-13(17)7-5-10-4-6-12(19-2)11(15)8-10/h4,6,8H,3,5,7,9H2,1-2H3,(H,16,17). The fourth-order valence-corrected chi connectivity index (χ4v) is 2.18. The van der Waals surface area contributed by atoms with Crippen molar-refractivity contribution in [2.45, 2.75) is 19.8 Å². The van der Waals surface area contributed by atoms with Gasteiger partial charge in [0.15, 0.2) is 0 Å². The number of hydrogen-bond acceptors (Lipinski definition) is 4. The van der Waals surface area contributed by atoms with Crippen LogP contribution in [-0.2, 0) is 20.7 Å². The maximum Gasteiger partial charge on any atom is 0.325 e. The van der Waals surface area contributed by atoms with Crippen molar-refractivity contribution in [3.05, 3.63) is 28.2 Å². The van der Waals surface area contributed by atoms with Crippen LogP contribution < -0.4 is 10.1 Å². The molecule has 0 spiro atoms. The summed E-state index contributed by atoms with van der Waals surface area (Å²) in [4.78, 5) is 22.7. The Labute approximate surface area is 126 Å². The van der Waals surface area contributed by atoms with Gasteiger partial charge in [-0.05, 0) is 47.0 Å². The molecule has 1 aromatic carbocycles. The molecule has 0 aliphatic carbocycles. The predicted molar refractivity (Wildman–Crippen MR) is 78.7 cm³/mol. The molecule has 20 heavy (non-hydrogen) atoms. The number of halogens is 1. The van der Waals surface area contributed by atoms with Gasteiger partial charge in [-0.1, -0.05) is 6.07 Å². The summed E-state index contributed by atoms with van der Waals surface area (Å²) < 4.78 is 10.7. The molecule has 0 aliphatic heterocycles. The van der Waals surface area contributed by atoms with Gasteiger partial charge in [-0.2, -0.15) is 0 Å². The highest BCUT2D eigenvalue weighted by atomic mass is 79.9. The zero-order valence-corrected chi connectivity index (χ0v) is 13.2. The summed E-state index contributed by atoms with van der Waals surface area (Å²) in [5.74, 6) is 0.151. The fourth-order valence-electron chi connectivity index (χ4n) is 1.59. The molecule has 0 bridgehead atoms. The number of benzene rings is 1. The van der Waals surface area contributed by atoms with Crippen LogP contribution in [0.25, 0.3) is 0 Å². The van der Waals surface area contributed by atoms with Crippen molar-refractivity contribution in [3.63, 3.8) is 0 Å². The Morgan fingerprint density at radius 3 is 2.70 bits per heavy atom. The molecule has 6 heteroatoms. The molecule has 1 amide bonds. The largest absolute Gasteiger partial charge is 0.496 e. The number of ether oxygens (including phenoxy) is 2. The summed E-state index contributed by atoms with van der Waals surface area (Å²) in [7, 11) is 1.60. The lowest BCUT2D eigenvalue weighted by molar-refractivity contribution is -0.143. The van der Waals surface area contributed by atoms with Gasteiger partial charge in [-0.3, -0.25) is 9.59 Å². The maximum absolute atomic E-state index is 11.6. The zero-order chi connectivity index (χ0) is 15.0. The molecule has 5 nitrogen and oxygen atoms in total. The average Bonchev–Trinajstić information content (AvgIpc) is 2.43. The van der Waals surface area contributed by atoms with Crippen LogP contribution in [0.1, 0.15) is 18.9 Å². The molecule has 1 aromatic rings. The first kappa shape index (κ1) is 16.5. The molecule has 110 valence electrons. The number of amides is 1. The minimum atomic E-state index is -0.423. The quantitative estimate of drug-likeness (QED) is 0.769. The van der Waals surface area contributed by atoms with Crippen molar-refractivity contribution in [1.82, 2.24) is 5.32 Å². The van der Waals surface area contributed by atoms with E-state index in [0.717, 1.165) is 15.8 Å². The molecule has 0 radical (unpaired) electrons. The first-order chi connectivity index (χ1) is 9.56. The minimum Gasteiger partial charge on any atom is -0.496 e. The fraction of sp³-hybridized carbons (Fsp3) is 0.429. The molecule has 1 N–H and O–H groups in total. The van der Waals surface area contributed by atoms with Gasteiger partial charge in [0, 0.05) is 6.42 Å². The number of esters is 1. The third-order valence-corrected chi connectivity index (χ3v) is 3.21. The van der Waals surface area contributed by atoms with E-state index in [0.29, 0.717) is 19.4 Å². The number of hydrogen-bond donors (Lipinski definition) is 1. The Bertz CT molecular complexity index is 476. The first-order valence-electron chi connectivity index (χ1n) is 6.31. The van der Waals surface area contributed by atoms with Gasteiger partial charge >= 0.3 is 5.97 Å². The second kappa shape index (κ2) is 8.58. The normalized spacial score (nSPS) is 9.95. The van der Waals surface area contributed by atoms with E-state index in [4.69, 9.17) is 9.47 Å². The minimum absolute atomic E-state index is 0.0843. The van der Waals surface area contributed by atoms with Crippen LogP contribution in [-0.4, -0.2) is 32.1 Å². The van der Waals surface area contributed by atoms with E-state index in [9.17, 15) is 9.59 Å². The van der Waals surface area contributed by atoms with Crippen LogP contribution in [0.2, 0.25) is 0 Å². The Kier molecular flexibility index (Phi) is 7.08. The lowest BCUT2D eigenvalue weighted by Crippen LogP contribution is -2.30. The average molecular weight is 344 g/mol. The lowest BCUT2D eigenvalue weighted by atomic mass is 10.1. The molecule has 1 rings (SSSR count). The van der Waals surface area contributed by atoms with Crippen LogP contribution in [0.4, 0.5) is 0 Å². The van der Waals surface area contributed by atoms with Crippen molar-refractivity contribution in [2.24, 2.45) is 0 Å². The number of carbonyl (C=O) groups excluding carboxylic acids is 2. The van der Waals surface area contributed by atoms with E-state index in [1.807, 2.05) is 18.2 Å². The van der Waals surface area contributed by atoms with E-state index in [2.05, 4.69) is 21.2 Å². The summed E-state index contributed by atoms with van der Waals surface area (Å²) in [5, 5.41) is 2.52. The molecule has 0 saturated carbocycles. The maximum atomic E-state index is 11.6. The number of nitrogens with one attached hydrogen (secondary N) is 1. The molecular formula is C14H18BrNO4. The van der Waals surface area contributed by atoms with E-state index in [1.165, 1.54) is 0 Å². The Hall–Kier alpha value is -1.56. The third kappa shape index (κ3) is 5.61. The summed E-state index contributed by atoms with van der Waals surface area (Å²) >= 11 is 3.39. The van der Waals surface area contributed by atoms with Gasteiger partial charge < -0.3 is 14.8 Å². The Balaban J connectivity index is 2.37. The third-order valence-electron chi connectivity index (χ3n) is 2.59. The van der Waals surface area contributed by atoms with Gasteiger partial charge in [0.2, 0.25) is 5.91 Å². The SMILES string of the molecule is CCOC(=O)CNC(=O)CCc1ccc(OC)c(Br)c1. The van der Waals surface area contributed by atoms with Crippen molar-refractivity contribution in [3.8, 4) is 5.75 Å². The van der Waals surface area contributed by atoms with Crippen molar-refractivity contribution in [1.29, 1.82) is 0 Å². The topological polar surface area (TPSA) is 64.6 Å². The van der Waals surface area contributed by atoms with E-state index in [1.54, 1.807) is 14.0 Å². The van der Waals surface area contributed by atoms with Crippen molar-refractivity contribution in [2.75, 3.05) is 20.3 Å². The Morgan fingerprint density at radius 1 is 1.35 bits per heavy atom. The predicted octanol–water partition coefficient (Wildman–Crippen LogP) is 2.07. The van der Waals surface area contributed by atoms with Crippen molar-refractivity contribution >= 4 is 27.8 Å². The summed E-state index contributed by atoms with van der Waals surface area (Å²) in [6, 6.07) is 5.66. The summed E-state index contributed by atoms with van der Waals surface area (Å²) in [6.45, 7) is 1.95. The van der Waals surface area contributed by atoms with Crippen LogP contribution in [0.5, 0.6) is 5.75 Å². The van der Waals surface area contributed by atoms with E-state index in [-0.39, 0.29) is 12.5 Å². The lowest BCUT2D eigenvalue weighted by Gasteiger charge is -2.07. The Morgan fingerprint density at radius 2 is 2.10 bits per heavy atom. The molecule has 0 saturated heterocycles. The summed E-state index contributed by atoms with van der Waals surface area (Å²) in [6.07, 6.45) is 0.912. The van der Waals surface area contributed by atoms with Crippen molar-refractivity contribution < 1.29 is 19.1 Å². The number of aryl methyl sites for hydroxylation is 1. The van der Waals surface area contributed by atoms with Crippen LogP contribution in [0.3, 0.4) is 0 Å². The van der Waals surface area contributed by atoms with Gasteiger partial charge in [-0.15, -0.1) is 0 Å². The van der Waals surface area contributed by atoms with E-state index >= 15 is 0 Å². The molecule has 0 atom stereocenters. The van der Waals surface area contributed by atoms with Gasteiger partial charge in [0.1, 0.15) is 12.3 Å². The number of carbonyl (C=O) groups is 2. The molecular weight excluding hydrogens is 326 g/mol. The highest BCUT2D eigenvalue weighted by molar-refractivity contribution is 9.10. The number of rotatable bonds is 7. The van der Waals surface area contributed by atoms with E-state index < -0.39 is 5.97 Å². The smallest absolute Gasteiger partial charge is 0.325 e. The highest BCUT2D eigenvalue weighted by Gasteiger charge is 2.07. The number of methoxy groups -OCH3 is 1. The van der Waals surface area contributed by atoms with Gasteiger partial charge in [0.05, 0.1) is 18.2 Å². The molecule has 0 unspecified atom stereocenters. The first-order valence-corrected chi connectivity index (χ1v) is 7.10. The molecule has 0 fully saturated rings. The molecule has 0 aliphatic rings. The van der Waals surface area contributed by atoms with Gasteiger partial charge in [0.25, 0.3) is 0 Å². The van der Waals surface area contributed by atoms with Crippen LogP contribution >= 0.6 is 15.9 Å². The second-order valence-electron chi connectivity index (χ2n) is 4.05. The molecule has 0 heterocycles.